The molecule has 18 nitrogen and oxygen atoms in total. The van der Waals surface area contributed by atoms with Crippen LogP contribution in [-0.2, 0) is 16.6 Å². The van der Waals surface area contributed by atoms with E-state index in [2.05, 4.69) is 73.1 Å². The number of hydrogen-bond acceptors (Lipinski definition) is 15. The first-order valence-electron chi connectivity index (χ1n) is 26.4. The molecule has 0 bridgehead atoms. The summed E-state index contributed by atoms with van der Waals surface area (Å²) in [5.41, 5.74) is 24.4. The molecule has 396 valence electrons. The quantitative estimate of drug-likeness (QED) is 0.0534. The van der Waals surface area contributed by atoms with Crippen molar-refractivity contribution in [2.24, 2.45) is 36.1 Å². The van der Waals surface area contributed by atoms with Crippen LogP contribution in [0.1, 0.15) is 95.1 Å². The van der Waals surface area contributed by atoms with E-state index in [-0.39, 0.29) is 35.7 Å². The van der Waals surface area contributed by atoms with Gasteiger partial charge in [0.05, 0.1) is 17.4 Å². The number of phenolic OH excluding ortho intramolecular Hbond substituents is 1. The van der Waals surface area contributed by atoms with Gasteiger partial charge in [-0.05, 0) is 98.8 Å². The maximum atomic E-state index is 12.4. The number of hydrogen-bond donors (Lipinski definition) is 5. The first kappa shape index (κ1) is 53.1. The fourth-order valence-corrected chi connectivity index (χ4v) is 10.4. The minimum atomic E-state index is -0.335. The highest BCUT2D eigenvalue weighted by Gasteiger charge is 2.31. The summed E-state index contributed by atoms with van der Waals surface area (Å²) in [5.74, 6) is 4.52. The molecule has 3 aromatic heterocycles. The number of nitrogens with one attached hydrogen (secondary N) is 1. The number of aryl methyl sites for hydroxylation is 1. The molecule has 0 aliphatic carbocycles. The number of rotatable bonds is 16. The largest absolute Gasteiger partial charge is 0.507 e. The SMILES string of the molecule is CC(C)C(C)c1cc(N2CCC(CN3CCC(Oc4cc(N5CCN(C(/C=C(\N)c6ccccc6O)=C(N)N)CC5)ccn4)CC3)CC2)no1.CC(NC(=O)C1CCCN1C=O)c1ccc(-c2ccnn2C)cc1. The van der Waals surface area contributed by atoms with E-state index >= 15 is 0 Å². The predicted octanol–water partition coefficient (Wildman–Crippen LogP) is 6.39. The summed E-state index contributed by atoms with van der Waals surface area (Å²) in [4.78, 5) is 39.0. The number of carbonyl (C=O) groups is 2. The van der Waals surface area contributed by atoms with Gasteiger partial charge >= 0.3 is 0 Å². The van der Waals surface area contributed by atoms with Crippen LogP contribution in [0.5, 0.6) is 11.6 Å². The Morgan fingerprint density at radius 3 is 2.24 bits per heavy atom. The molecule has 74 heavy (non-hydrogen) atoms. The number of ether oxygens (including phenoxy) is 1. The van der Waals surface area contributed by atoms with Crippen LogP contribution < -0.4 is 37.1 Å². The number of likely N-dealkylation sites (tertiary alicyclic amines) is 2. The van der Waals surface area contributed by atoms with Crippen molar-refractivity contribution in [3.63, 3.8) is 0 Å². The highest BCUT2D eigenvalue weighted by Crippen LogP contribution is 2.31. The van der Waals surface area contributed by atoms with E-state index in [4.69, 9.17) is 26.5 Å². The van der Waals surface area contributed by atoms with Crippen molar-refractivity contribution in [1.29, 1.82) is 0 Å². The first-order chi connectivity index (χ1) is 35.7. The second kappa shape index (κ2) is 24.7. The van der Waals surface area contributed by atoms with E-state index in [0.717, 1.165) is 112 Å². The second-order valence-electron chi connectivity index (χ2n) is 20.6. The zero-order chi connectivity index (χ0) is 52.3. The zero-order valence-electron chi connectivity index (χ0n) is 43.9. The Balaban J connectivity index is 0.000000253. The van der Waals surface area contributed by atoms with Gasteiger partial charge < -0.3 is 61.4 Å². The molecule has 5 aromatic rings. The van der Waals surface area contributed by atoms with Crippen molar-refractivity contribution in [1.82, 2.24) is 39.9 Å². The van der Waals surface area contributed by atoms with Gasteiger partial charge in [-0.25, -0.2) is 4.98 Å². The van der Waals surface area contributed by atoms with Crippen LogP contribution in [0.15, 0.2) is 107 Å². The van der Waals surface area contributed by atoms with Crippen molar-refractivity contribution in [3.05, 3.63) is 120 Å². The summed E-state index contributed by atoms with van der Waals surface area (Å²) in [6, 6.07) is 22.8. The van der Waals surface area contributed by atoms with Crippen LogP contribution in [-0.4, -0.2) is 130 Å². The number of aromatic hydroxyl groups is 1. The van der Waals surface area contributed by atoms with Gasteiger partial charge in [0.2, 0.25) is 18.2 Å². The van der Waals surface area contributed by atoms with E-state index in [1.165, 1.54) is 12.8 Å². The lowest BCUT2D eigenvalue weighted by atomic mass is 9.94. The number of aromatic nitrogens is 4. The average molecular weight is 1010 g/mol. The number of anilines is 2. The fraction of sp³-hybridized carbons (Fsp3) is 0.482. The molecule has 0 saturated carbocycles. The van der Waals surface area contributed by atoms with Crippen molar-refractivity contribution < 1.29 is 24.0 Å². The third kappa shape index (κ3) is 13.3. The third-order valence-electron chi connectivity index (χ3n) is 15.4. The van der Waals surface area contributed by atoms with E-state index in [1.807, 2.05) is 67.3 Å². The van der Waals surface area contributed by atoms with Gasteiger partial charge in [0.25, 0.3) is 0 Å². The van der Waals surface area contributed by atoms with Gasteiger partial charge in [0.1, 0.15) is 29.5 Å². The van der Waals surface area contributed by atoms with Crippen molar-refractivity contribution in [2.75, 3.05) is 75.2 Å². The lowest BCUT2D eigenvalue weighted by Gasteiger charge is -2.38. The van der Waals surface area contributed by atoms with E-state index < -0.39 is 0 Å². The molecule has 4 saturated heterocycles. The highest BCUT2D eigenvalue weighted by molar-refractivity contribution is 5.84. The van der Waals surface area contributed by atoms with Crippen LogP contribution in [0.4, 0.5) is 11.5 Å². The molecule has 4 fully saturated rings. The normalized spacial score (nSPS) is 18.9. The van der Waals surface area contributed by atoms with Crippen molar-refractivity contribution >= 4 is 29.5 Å². The minimum absolute atomic E-state index is 0.0807. The number of amides is 2. The van der Waals surface area contributed by atoms with Gasteiger partial charge in [-0.15, -0.1) is 0 Å². The smallest absolute Gasteiger partial charge is 0.243 e. The Bertz CT molecular complexity index is 2670. The number of benzene rings is 2. The summed E-state index contributed by atoms with van der Waals surface area (Å²) >= 11 is 0. The van der Waals surface area contributed by atoms with Gasteiger partial charge in [0, 0.05) is 120 Å². The van der Waals surface area contributed by atoms with Crippen LogP contribution in [0.2, 0.25) is 0 Å². The summed E-state index contributed by atoms with van der Waals surface area (Å²) in [7, 11) is 1.91. The Kier molecular flexibility index (Phi) is 17.7. The number of nitrogens with two attached hydrogens (primary N) is 3. The number of allylic oxidation sites excluding steroid dienone is 1. The first-order valence-corrected chi connectivity index (χ1v) is 26.4. The van der Waals surface area contributed by atoms with E-state index in [0.29, 0.717) is 60.2 Å². The number of phenols is 1. The molecular weight excluding hydrogens is 935 g/mol. The van der Waals surface area contributed by atoms with Crippen molar-refractivity contribution in [2.45, 2.75) is 90.3 Å². The summed E-state index contributed by atoms with van der Waals surface area (Å²) in [6.07, 6.45) is 12.3. The zero-order valence-corrected chi connectivity index (χ0v) is 43.9. The lowest BCUT2D eigenvalue weighted by Crippen LogP contribution is -2.46. The molecule has 0 radical (unpaired) electrons. The monoisotopic (exact) mass is 1010 g/mol. The molecule has 2 aromatic carbocycles. The minimum Gasteiger partial charge on any atom is -0.507 e. The lowest BCUT2D eigenvalue weighted by molar-refractivity contribution is -0.131. The molecule has 4 aliphatic heterocycles. The summed E-state index contributed by atoms with van der Waals surface area (Å²) < 4.78 is 13.9. The number of piperidine rings is 2. The molecule has 9 rings (SSSR count). The molecular formula is C56H77N13O5. The van der Waals surface area contributed by atoms with Gasteiger partial charge in [-0.2, -0.15) is 5.10 Å². The molecule has 3 atom stereocenters. The van der Waals surface area contributed by atoms with E-state index in [1.54, 1.807) is 35.4 Å². The maximum absolute atomic E-state index is 12.4. The second-order valence-corrected chi connectivity index (χ2v) is 20.6. The molecule has 3 unspecified atom stereocenters. The van der Waals surface area contributed by atoms with Gasteiger partial charge in [-0.3, -0.25) is 14.3 Å². The summed E-state index contributed by atoms with van der Waals surface area (Å²) in [5, 5.41) is 21.8. The predicted molar refractivity (Wildman–Crippen MR) is 289 cm³/mol. The molecule has 18 heteroatoms. The van der Waals surface area contributed by atoms with Crippen LogP contribution >= 0.6 is 0 Å². The number of pyridine rings is 1. The Hall–Kier alpha value is -7.21. The van der Waals surface area contributed by atoms with Crippen LogP contribution in [0, 0.1) is 11.8 Å². The number of piperazine rings is 1. The molecule has 8 N–H and O–H groups in total. The standard InChI is InChI=1S/C38H55N9O3.C18H22N4O2/c1-26(2)27(3)35-24-36(43-50-35)47-16-9-28(10-17-47)25-44-14-11-30(12-15-44)49-37-22-29(8-13-42-37)45-18-20-46(21-19-45)33(38(40)41)23-32(39)31-6-4-5-7-34(31)48;1-13(20-18(24)17-4-3-11-22(17)12-23)14-5-7-15(8-6-14)16-9-10-19-21(16)2/h4-8,13,22-24,26-28,30,48H,9-12,14-21,25,39-41H2,1-3H3;5-10,12-13,17H,3-4,11H2,1-2H3,(H,20,24)/b32-23-;. The highest BCUT2D eigenvalue weighted by atomic mass is 16.5. The number of para-hydroxylation sites is 1. The number of nitrogens with zero attached hydrogens (tertiary/aromatic N) is 9. The average Bonchev–Trinajstić information content (AvgIpc) is 4.21. The topological polar surface area (TPSA) is 227 Å². The Morgan fingerprint density at radius 2 is 1.58 bits per heavy atom. The van der Waals surface area contributed by atoms with Crippen LogP contribution in [0.3, 0.4) is 0 Å². The molecule has 4 aliphatic rings. The maximum Gasteiger partial charge on any atom is 0.243 e. The van der Waals surface area contributed by atoms with E-state index in [9.17, 15) is 14.7 Å². The van der Waals surface area contributed by atoms with Gasteiger partial charge in [0.15, 0.2) is 5.82 Å². The number of carbonyl (C=O) groups excluding carboxylic acids is 2. The fourth-order valence-electron chi connectivity index (χ4n) is 10.4. The molecule has 7 heterocycles. The van der Waals surface area contributed by atoms with Crippen LogP contribution in [0.25, 0.3) is 17.0 Å². The Morgan fingerprint density at radius 1 is 0.851 bits per heavy atom. The van der Waals surface area contributed by atoms with Gasteiger partial charge in [-0.1, -0.05) is 62.3 Å². The molecule has 0 spiro atoms. The third-order valence-corrected chi connectivity index (χ3v) is 15.4. The van der Waals surface area contributed by atoms with Crippen molar-refractivity contribution in [3.8, 4) is 22.9 Å². The Labute approximate surface area is 436 Å². The summed E-state index contributed by atoms with van der Waals surface area (Å²) in [6.45, 7) is 17.6. The molecule has 2 amide bonds.